The van der Waals surface area contributed by atoms with E-state index in [9.17, 15) is 14.7 Å². The summed E-state index contributed by atoms with van der Waals surface area (Å²) in [6, 6.07) is 9.14. The van der Waals surface area contributed by atoms with Gasteiger partial charge in [0.05, 0.1) is 6.10 Å². The Balaban J connectivity index is 1.97. The summed E-state index contributed by atoms with van der Waals surface area (Å²) in [4.78, 5) is 30.4. The maximum Gasteiger partial charge on any atom is 0.251 e. The summed E-state index contributed by atoms with van der Waals surface area (Å²) in [6.07, 6.45) is 0.582. The first kappa shape index (κ1) is 24.0. The van der Waals surface area contributed by atoms with Crippen molar-refractivity contribution < 1.29 is 19.8 Å². The number of benzene rings is 1. The highest BCUT2D eigenvalue weighted by molar-refractivity contribution is 5.98. The lowest BCUT2D eigenvalue weighted by Gasteiger charge is -2.19. The third kappa shape index (κ3) is 7.83. The Morgan fingerprint density at radius 3 is 2.29 bits per heavy atom. The molecular weight excluding hydrogens is 396 g/mol. The van der Waals surface area contributed by atoms with Crippen LogP contribution in [0.2, 0.25) is 0 Å². The number of nitrogens with one attached hydrogen (secondary N) is 2. The second-order valence-corrected chi connectivity index (χ2v) is 7.31. The van der Waals surface area contributed by atoms with E-state index in [2.05, 4.69) is 32.4 Å². The number of likely N-dealkylation sites (N-methyl/N-ethyl adjacent to an activating group) is 1. The molecule has 2 rings (SSSR count). The van der Waals surface area contributed by atoms with Gasteiger partial charge in [0, 0.05) is 36.0 Å². The van der Waals surface area contributed by atoms with E-state index < -0.39 is 30.4 Å². The Morgan fingerprint density at radius 1 is 1.10 bits per heavy atom. The van der Waals surface area contributed by atoms with Crippen LogP contribution in [0.3, 0.4) is 0 Å². The van der Waals surface area contributed by atoms with Crippen molar-refractivity contribution in [3.63, 3.8) is 0 Å². The minimum absolute atomic E-state index is 0.316. The number of pyridine rings is 1. The summed E-state index contributed by atoms with van der Waals surface area (Å²) in [7, 11) is 4.02. The first-order valence-corrected chi connectivity index (χ1v) is 9.89. The minimum Gasteiger partial charge on any atom is -0.391 e. The van der Waals surface area contributed by atoms with E-state index in [0.717, 1.165) is 24.5 Å². The van der Waals surface area contributed by atoms with Crippen LogP contribution in [-0.4, -0.2) is 77.7 Å². The fourth-order valence-corrected chi connectivity index (χ4v) is 2.62. The number of aromatic nitrogens is 1. The van der Waals surface area contributed by atoms with Crippen molar-refractivity contribution in [2.75, 3.05) is 39.1 Å². The van der Waals surface area contributed by atoms with Crippen LogP contribution in [0.1, 0.15) is 28.4 Å². The number of amides is 1. The maximum atomic E-state index is 12.3. The number of hydrogen-bond acceptors (Lipinski definition) is 7. The zero-order valence-corrected chi connectivity index (χ0v) is 17.9. The maximum absolute atomic E-state index is 12.3. The van der Waals surface area contributed by atoms with Crippen molar-refractivity contribution in [2.45, 2.75) is 19.1 Å². The largest absolute Gasteiger partial charge is 0.391 e. The van der Waals surface area contributed by atoms with Crippen LogP contribution >= 0.6 is 0 Å². The fourth-order valence-electron chi connectivity index (χ4n) is 2.62. The molecule has 0 aliphatic rings. The lowest BCUT2D eigenvalue weighted by molar-refractivity contribution is -0.125. The van der Waals surface area contributed by atoms with Crippen LogP contribution < -0.4 is 10.6 Å². The third-order valence-electron chi connectivity index (χ3n) is 4.40. The number of hydrogen-bond donors (Lipinski definition) is 4. The number of rotatable bonds is 9. The van der Waals surface area contributed by atoms with Crippen molar-refractivity contribution in [3.05, 3.63) is 59.3 Å². The second-order valence-electron chi connectivity index (χ2n) is 7.31. The van der Waals surface area contributed by atoms with Gasteiger partial charge in [-0.2, -0.15) is 0 Å². The van der Waals surface area contributed by atoms with Crippen molar-refractivity contribution in [1.82, 2.24) is 15.2 Å². The molecule has 0 bridgehead atoms. The molecular formula is C23H28N4O4. The van der Waals surface area contributed by atoms with Gasteiger partial charge in [0.2, 0.25) is 0 Å². The van der Waals surface area contributed by atoms with E-state index in [1.165, 1.54) is 6.92 Å². The Morgan fingerprint density at radius 2 is 1.74 bits per heavy atom. The van der Waals surface area contributed by atoms with Gasteiger partial charge in [0.1, 0.15) is 18.5 Å². The number of carbonyl (C=O) groups is 2. The molecule has 0 spiro atoms. The van der Waals surface area contributed by atoms with E-state index in [0.29, 0.717) is 11.1 Å². The average Bonchev–Trinajstić information content (AvgIpc) is 2.76. The van der Waals surface area contributed by atoms with Crippen molar-refractivity contribution >= 4 is 17.5 Å². The lowest BCUT2D eigenvalue weighted by atomic mass is 10.1. The normalized spacial score (nSPS) is 12.5. The van der Waals surface area contributed by atoms with Crippen LogP contribution in [-0.2, 0) is 4.79 Å². The standard InChI is InChI=1S/C23H28N4O4/c1-16(29)22(20(30)15-28)26-23(31)19-9-6-17(7-10-19)4-5-18-8-11-21(25-14-18)24-12-13-27(2)3/h6-11,14,16,22,28-29H,12-13,15H2,1-3H3,(H,24,25)(H,26,31)/t16-,22+/m1/s1. The molecule has 4 N–H and O–H groups in total. The molecule has 8 nitrogen and oxygen atoms in total. The molecule has 2 aromatic rings. The monoisotopic (exact) mass is 424 g/mol. The Hall–Kier alpha value is -3.25. The molecule has 0 radical (unpaired) electrons. The molecule has 1 amide bonds. The number of aliphatic hydroxyl groups excluding tert-OH is 2. The highest BCUT2D eigenvalue weighted by Crippen LogP contribution is 2.07. The molecule has 0 aliphatic heterocycles. The highest BCUT2D eigenvalue weighted by atomic mass is 16.3. The number of anilines is 1. The molecule has 1 aromatic heterocycles. The molecule has 2 atom stereocenters. The van der Waals surface area contributed by atoms with Crippen LogP contribution in [0, 0.1) is 11.8 Å². The number of nitrogens with zero attached hydrogens (tertiary/aromatic N) is 2. The summed E-state index contributed by atoms with van der Waals surface area (Å²) in [5.74, 6) is 5.66. The first-order valence-electron chi connectivity index (χ1n) is 9.89. The van der Waals surface area contributed by atoms with Crippen LogP contribution in [0.5, 0.6) is 0 Å². The minimum atomic E-state index is -1.16. The fraction of sp³-hybridized carbons (Fsp3) is 0.348. The van der Waals surface area contributed by atoms with E-state index in [1.54, 1.807) is 30.5 Å². The molecule has 0 saturated carbocycles. The molecule has 0 aliphatic carbocycles. The average molecular weight is 425 g/mol. The molecule has 0 unspecified atom stereocenters. The van der Waals surface area contributed by atoms with Gasteiger partial charge in [-0.1, -0.05) is 11.8 Å². The number of Topliss-reactive ketones (excluding diaryl/α,β-unsaturated/α-hetero) is 1. The SMILES string of the molecule is C[C@@H](O)[C@H](NC(=O)c1ccc(C#Cc2ccc(NCCN(C)C)nc2)cc1)C(=O)CO. The van der Waals surface area contributed by atoms with Crippen LogP contribution in [0.25, 0.3) is 0 Å². The third-order valence-corrected chi connectivity index (χ3v) is 4.40. The molecule has 1 heterocycles. The number of aliphatic hydroxyl groups is 2. The van der Waals surface area contributed by atoms with Gasteiger partial charge in [0.15, 0.2) is 5.78 Å². The van der Waals surface area contributed by atoms with E-state index >= 15 is 0 Å². The van der Waals surface area contributed by atoms with E-state index in [-0.39, 0.29) is 0 Å². The smallest absolute Gasteiger partial charge is 0.251 e. The lowest BCUT2D eigenvalue weighted by Crippen LogP contribution is -2.48. The van der Waals surface area contributed by atoms with Gasteiger partial charge in [-0.05, 0) is 57.4 Å². The molecule has 8 heteroatoms. The number of carbonyl (C=O) groups excluding carboxylic acids is 2. The Bertz CT molecular complexity index is 929. The zero-order valence-electron chi connectivity index (χ0n) is 17.9. The van der Waals surface area contributed by atoms with E-state index in [4.69, 9.17) is 5.11 Å². The van der Waals surface area contributed by atoms with Crippen LogP contribution in [0.15, 0.2) is 42.6 Å². The quantitative estimate of drug-likeness (QED) is 0.433. The highest BCUT2D eigenvalue weighted by Gasteiger charge is 2.25. The molecule has 0 saturated heterocycles. The predicted molar refractivity (Wildman–Crippen MR) is 119 cm³/mol. The molecule has 31 heavy (non-hydrogen) atoms. The summed E-state index contributed by atoms with van der Waals surface area (Å²) < 4.78 is 0. The molecule has 0 fully saturated rings. The van der Waals surface area contributed by atoms with E-state index in [1.807, 2.05) is 26.2 Å². The summed E-state index contributed by atoms with van der Waals surface area (Å²) >= 11 is 0. The zero-order chi connectivity index (χ0) is 22.8. The van der Waals surface area contributed by atoms with Gasteiger partial charge in [-0.15, -0.1) is 0 Å². The van der Waals surface area contributed by atoms with Gasteiger partial charge in [-0.25, -0.2) is 4.98 Å². The topological polar surface area (TPSA) is 115 Å². The number of ketones is 1. The van der Waals surface area contributed by atoms with Gasteiger partial charge >= 0.3 is 0 Å². The summed E-state index contributed by atoms with van der Waals surface area (Å²) in [6.45, 7) is 2.33. The van der Waals surface area contributed by atoms with Gasteiger partial charge in [-0.3, -0.25) is 9.59 Å². The predicted octanol–water partition coefficient (Wildman–Crippen LogP) is 0.495. The van der Waals surface area contributed by atoms with Crippen molar-refractivity contribution in [1.29, 1.82) is 0 Å². The molecule has 164 valence electrons. The first-order chi connectivity index (χ1) is 14.8. The Kier molecular flexibility index (Phi) is 9.15. The molecule has 1 aromatic carbocycles. The van der Waals surface area contributed by atoms with Gasteiger partial charge < -0.3 is 25.7 Å². The Labute approximate surface area is 182 Å². The van der Waals surface area contributed by atoms with Crippen molar-refractivity contribution in [3.8, 4) is 11.8 Å². The van der Waals surface area contributed by atoms with Gasteiger partial charge in [0.25, 0.3) is 5.91 Å². The van der Waals surface area contributed by atoms with Crippen LogP contribution in [0.4, 0.5) is 5.82 Å². The summed E-state index contributed by atoms with van der Waals surface area (Å²) in [5.41, 5.74) is 1.79. The second kappa shape index (κ2) is 11.8. The summed E-state index contributed by atoms with van der Waals surface area (Å²) in [5, 5.41) is 24.3. The van der Waals surface area contributed by atoms with Crippen molar-refractivity contribution in [2.24, 2.45) is 0 Å².